The number of benzene rings is 1. The lowest BCUT2D eigenvalue weighted by atomic mass is 10.2. The van der Waals surface area contributed by atoms with E-state index in [1.54, 1.807) is 24.3 Å². The van der Waals surface area contributed by atoms with Gasteiger partial charge in [0.25, 0.3) is 10.0 Å². The minimum atomic E-state index is -3.88. The molecule has 0 amide bonds. The zero-order valence-electron chi connectivity index (χ0n) is 15.8. The molecule has 0 bridgehead atoms. The Labute approximate surface area is 164 Å². The lowest BCUT2D eigenvalue weighted by Gasteiger charge is -2.10. The van der Waals surface area contributed by atoms with Crippen molar-refractivity contribution in [2.24, 2.45) is 5.92 Å². The summed E-state index contributed by atoms with van der Waals surface area (Å²) in [6, 6.07) is 8.50. The van der Waals surface area contributed by atoms with Crippen LogP contribution in [0.5, 0.6) is 5.88 Å². The molecule has 8 heteroatoms. The number of aryl methyl sites for hydroxylation is 1. The Kier molecular flexibility index (Phi) is 5.47. The van der Waals surface area contributed by atoms with Gasteiger partial charge < -0.3 is 4.74 Å². The van der Waals surface area contributed by atoms with Crippen molar-refractivity contribution in [3.63, 3.8) is 0 Å². The van der Waals surface area contributed by atoms with Gasteiger partial charge in [0.15, 0.2) is 5.65 Å². The molecule has 0 atom stereocenters. The average molecular weight is 396 g/mol. The first-order chi connectivity index (χ1) is 13.3. The highest BCUT2D eigenvalue weighted by atomic mass is 32.2. The van der Waals surface area contributed by atoms with Gasteiger partial charge >= 0.3 is 0 Å². The molecule has 1 aromatic carbocycles. The fraction of sp³-hybridized carbons (Fsp3) is 0.250. The minimum absolute atomic E-state index is 0.147. The Morgan fingerprint density at radius 3 is 2.61 bits per heavy atom. The third-order valence-corrected chi connectivity index (χ3v) is 5.68. The quantitative estimate of drug-likeness (QED) is 0.591. The van der Waals surface area contributed by atoms with E-state index >= 15 is 0 Å². The maximum Gasteiger partial charge on any atom is 0.269 e. The van der Waals surface area contributed by atoms with Crippen molar-refractivity contribution < 1.29 is 13.2 Å². The summed E-state index contributed by atoms with van der Waals surface area (Å²) in [6.07, 6.45) is 5.51. The summed E-state index contributed by atoms with van der Waals surface area (Å²) in [7, 11) is -3.88. The molecule has 0 N–H and O–H groups in total. The van der Waals surface area contributed by atoms with Gasteiger partial charge in [0.2, 0.25) is 5.88 Å². The number of allylic oxidation sites excluding steroid dienone is 1. The fourth-order valence-corrected chi connectivity index (χ4v) is 3.97. The second kappa shape index (κ2) is 7.82. The molecule has 0 fully saturated rings. The second-order valence-corrected chi connectivity index (χ2v) is 8.56. The highest BCUT2D eigenvalue weighted by Gasteiger charge is 2.24. The van der Waals surface area contributed by atoms with Crippen LogP contribution in [-0.2, 0) is 10.0 Å². The molecule has 0 saturated heterocycles. The lowest BCUT2D eigenvalue weighted by molar-refractivity contribution is 0.264. The first-order valence-electron chi connectivity index (χ1n) is 8.72. The average Bonchev–Trinajstić information content (AvgIpc) is 3.05. The van der Waals surface area contributed by atoms with Crippen LogP contribution in [0.1, 0.15) is 25.0 Å². The molecule has 2 aromatic heterocycles. The molecule has 2 heterocycles. The molecule has 28 heavy (non-hydrogen) atoms. The second-order valence-electron chi connectivity index (χ2n) is 6.74. The number of hydrogen-bond acceptors (Lipinski definition) is 6. The van der Waals surface area contributed by atoms with Crippen molar-refractivity contribution in [2.75, 3.05) is 6.61 Å². The third kappa shape index (κ3) is 3.75. The van der Waals surface area contributed by atoms with E-state index in [9.17, 15) is 8.42 Å². The maximum absolute atomic E-state index is 13.2. The van der Waals surface area contributed by atoms with E-state index in [4.69, 9.17) is 10.00 Å². The van der Waals surface area contributed by atoms with Gasteiger partial charge in [-0.15, -0.1) is 0 Å². The van der Waals surface area contributed by atoms with Gasteiger partial charge in [0, 0.05) is 17.8 Å². The van der Waals surface area contributed by atoms with Gasteiger partial charge in [0.05, 0.1) is 23.0 Å². The van der Waals surface area contributed by atoms with Crippen molar-refractivity contribution in [2.45, 2.75) is 25.7 Å². The van der Waals surface area contributed by atoms with Crippen molar-refractivity contribution in [1.82, 2.24) is 13.9 Å². The fourth-order valence-electron chi connectivity index (χ4n) is 2.65. The molecule has 0 aliphatic rings. The monoisotopic (exact) mass is 396 g/mol. The summed E-state index contributed by atoms with van der Waals surface area (Å²) in [4.78, 5) is 8.50. The molecular formula is C20H20N4O3S. The third-order valence-electron chi connectivity index (χ3n) is 4.01. The molecule has 144 valence electrons. The van der Waals surface area contributed by atoms with Gasteiger partial charge in [-0.1, -0.05) is 31.5 Å². The van der Waals surface area contributed by atoms with E-state index in [1.165, 1.54) is 24.7 Å². The Hall–Kier alpha value is -3.18. The Morgan fingerprint density at radius 2 is 1.96 bits per heavy atom. The standard InChI is InChI=1S/C20H20N4O3S/c1-14(2)12-27-20-18-16(5-4-10-21)11-24(19(18)22-13-23-20)28(25,26)17-8-6-15(3)7-9-17/h4-9,11,13-14H,12H2,1-3H3/b5-4+. The van der Waals surface area contributed by atoms with Gasteiger partial charge in [0.1, 0.15) is 6.33 Å². The van der Waals surface area contributed by atoms with E-state index in [0.717, 1.165) is 9.54 Å². The summed E-state index contributed by atoms with van der Waals surface area (Å²) >= 11 is 0. The minimum Gasteiger partial charge on any atom is -0.477 e. The smallest absolute Gasteiger partial charge is 0.269 e. The van der Waals surface area contributed by atoms with Crippen molar-refractivity contribution in [1.29, 1.82) is 5.26 Å². The van der Waals surface area contributed by atoms with Crippen LogP contribution in [0, 0.1) is 24.2 Å². The Balaban J connectivity index is 2.24. The van der Waals surface area contributed by atoms with Crippen LogP contribution in [0.3, 0.4) is 0 Å². The van der Waals surface area contributed by atoms with E-state index in [2.05, 4.69) is 9.97 Å². The number of aromatic nitrogens is 3. The predicted octanol–water partition coefficient (Wildman–Crippen LogP) is 3.55. The van der Waals surface area contributed by atoms with E-state index < -0.39 is 10.0 Å². The summed E-state index contributed by atoms with van der Waals surface area (Å²) in [5, 5.41) is 9.34. The van der Waals surface area contributed by atoms with Crippen LogP contribution in [0.25, 0.3) is 17.1 Å². The van der Waals surface area contributed by atoms with Crippen molar-refractivity contribution in [3.05, 3.63) is 54.0 Å². The van der Waals surface area contributed by atoms with Crippen LogP contribution < -0.4 is 4.74 Å². The Bertz CT molecular complexity index is 1170. The van der Waals surface area contributed by atoms with E-state index in [-0.39, 0.29) is 22.3 Å². The zero-order valence-corrected chi connectivity index (χ0v) is 16.6. The molecule has 0 saturated carbocycles. The van der Waals surface area contributed by atoms with Crippen LogP contribution in [-0.4, -0.2) is 29.0 Å². The molecule has 0 aliphatic carbocycles. The van der Waals surface area contributed by atoms with Crippen LogP contribution in [0.4, 0.5) is 0 Å². The first-order valence-corrected chi connectivity index (χ1v) is 10.2. The van der Waals surface area contributed by atoms with Gasteiger partial charge in [-0.3, -0.25) is 0 Å². The molecular weight excluding hydrogens is 376 g/mol. The number of nitriles is 1. The predicted molar refractivity (Wildman–Crippen MR) is 106 cm³/mol. The van der Waals surface area contributed by atoms with Crippen molar-refractivity contribution in [3.8, 4) is 11.9 Å². The largest absolute Gasteiger partial charge is 0.477 e. The maximum atomic E-state index is 13.2. The number of nitrogens with zero attached hydrogens (tertiary/aromatic N) is 4. The highest BCUT2D eigenvalue weighted by Crippen LogP contribution is 2.31. The number of fused-ring (bicyclic) bond motifs is 1. The summed E-state index contributed by atoms with van der Waals surface area (Å²) in [5.74, 6) is 0.552. The summed E-state index contributed by atoms with van der Waals surface area (Å²) in [5.41, 5.74) is 1.65. The van der Waals surface area contributed by atoms with Crippen LogP contribution in [0.2, 0.25) is 0 Å². The summed E-state index contributed by atoms with van der Waals surface area (Å²) < 4.78 is 33.3. The molecule has 0 radical (unpaired) electrons. The van der Waals surface area contributed by atoms with Gasteiger partial charge in [-0.05, 0) is 31.1 Å². The van der Waals surface area contributed by atoms with Crippen LogP contribution >= 0.6 is 0 Å². The van der Waals surface area contributed by atoms with E-state index in [1.807, 2.05) is 26.8 Å². The van der Waals surface area contributed by atoms with Crippen LogP contribution in [0.15, 0.2) is 47.8 Å². The first kappa shape index (κ1) is 19.6. The zero-order chi connectivity index (χ0) is 20.3. The lowest BCUT2D eigenvalue weighted by Crippen LogP contribution is -2.13. The highest BCUT2D eigenvalue weighted by molar-refractivity contribution is 7.90. The van der Waals surface area contributed by atoms with Gasteiger partial charge in [-0.2, -0.15) is 5.26 Å². The topological polar surface area (TPSA) is 97.9 Å². The van der Waals surface area contributed by atoms with Crippen molar-refractivity contribution >= 4 is 27.1 Å². The Morgan fingerprint density at radius 1 is 1.25 bits per heavy atom. The molecule has 3 rings (SSSR count). The molecule has 0 unspecified atom stereocenters. The normalized spacial score (nSPS) is 12.0. The molecule has 0 spiro atoms. The molecule has 7 nitrogen and oxygen atoms in total. The number of hydrogen-bond donors (Lipinski definition) is 0. The number of rotatable bonds is 6. The SMILES string of the molecule is Cc1ccc(S(=O)(=O)n2cc(/C=C/C#N)c3c(OCC(C)C)ncnc32)cc1. The van der Waals surface area contributed by atoms with E-state index in [0.29, 0.717) is 17.6 Å². The molecule has 3 aromatic rings. The summed E-state index contributed by atoms with van der Waals surface area (Å²) in [6.45, 7) is 6.31. The molecule has 0 aliphatic heterocycles. The van der Waals surface area contributed by atoms with Gasteiger partial charge in [-0.25, -0.2) is 22.4 Å². The number of ether oxygens (including phenoxy) is 1.